The number of hydrogen-bond acceptors (Lipinski definition) is 7. The van der Waals surface area contributed by atoms with Crippen molar-refractivity contribution in [2.24, 2.45) is 33.5 Å². The van der Waals surface area contributed by atoms with Crippen LogP contribution in [-0.2, 0) is 23.9 Å². The molecule has 4 saturated carbocycles. The van der Waals surface area contributed by atoms with Gasteiger partial charge < -0.3 is 19.7 Å². The Hall–Kier alpha value is -2.77. The highest BCUT2D eigenvalue weighted by molar-refractivity contribution is 5.87. The third-order valence-electron chi connectivity index (χ3n) is 10.9. The van der Waals surface area contributed by atoms with Gasteiger partial charge in [0.2, 0.25) is 0 Å². The third kappa shape index (κ3) is 3.00. The van der Waals surface area contributed by atoms with Crippen LogP contribution in [0.3, 0.4) is 0 Å². The number of aliphatic hydroxyl groups excluding tert-OH is 2. The number of carbonyl (C=O) groups is 3. The van der Waals surface area contributed by atoms with Crippen LogP contribution in [0.15, 0.2) is 48.6 Å². The van der Waals surface area contributed by atoms with E-state index in [1.165, 1.54) is 13.0 Å². The summed E-state index contributed by atoms with van der Waals surface area (Å²) in [7, 11) is 0. The number of Topliss-reactive ketones (excluding diaryl/α,β-unsaturated/α-hetero) is 1. The maximum atomic E-state index is 13.5. The zero-order valence-electron chi connectivity index (χ0n) is 22.8. The van der Waals surface area contributed by atoms with Crippen molar-refractivity contribution < 1.29 is 34.1 Å². The van der Waals surface area contributed by atoms with Crippen molar-refractivity contribution >= 4 is 23.8 Å². The predicted molar refractivity (Wildman–Crippen MR) is 140 cm³/mol. The molecule has 9 atom stereocenters. The highest BCUT2D eigenvalue weighted by Crippen LogP contribution is 2.85. The largest absolute Gasteiger partial charge is 0.459 e. The quantitative estimate of drug-likeness (QED) is 0.351. The molecule has 0 saturated heterocycles. The molecule has 204 valence electrons. The normalized spacial score (nSPS) is 43.0. The smallest absolute Gasteiger partial charge is 0.331 e. The van der Waals surface area contributed by atoms with Crippen molar-refractivity contribution in [1.29, 1.82) is 0 Å². The van der Waals surface area contributed by atoms with Crippen LogP contribution in [0, 0.1) is 33.5 Å². The van der Waals surface area contributed by atoms with Crippen molar-refractivity contribution in [2.75, 3.05) is 0 Å². The molecule has 7 heteroatoms. The molecule has 0 radical (unpaired) electrons. The summed E-state index contributed by atoms with van der Waals surface area (Å²) in [6.07, 6.45) is 0.0855. The fraction of sp³-hybridized carbons (Fsp3) is 0.581. The van der Waals surface area contributed by atoms with Gasteiger partial charge in [-0.25, -0.2) is 4.79 Å². The molecule has 0 amide bonds. The lowest BCUT2D eigenvalue weighted by Gasteiger charge is -2.60. The first-order valence-electron chi connectivity index (χ1n) is 13.5. The topological polar surface area (TPSA) is 110 Å². The van der Waals surface area contributed by atoms with Gasteiger partial charge in [-0.1, -0.05) is 64.6 Å². The Morgan fingerprint density at radius 1 is 1.08 bits per heavy atom. The van der Waals surface area contributed by atoms with Crippen LogP contribution in [0.5, 0.6) is 0 Å². The Morgan fingerprint density at radius 2 is 1.74 bits per heavy atom. The van der Waals surface area contributed by atoms with Gasteiger partial charge in [0.25, 0.3) is 0 Å². The van der Waals surface area contributed by atoms with Gasteiger partial charge in [-0.3, -0.25) is 9.59 Å². The van der Waals surface area contributed by atoms with Crippen molar-refractivity contribution in [3.8, 4) is 0 Å². The molecule has 2 bridgehead atoms. The van der Waals surface area contributed by atoms with Crippen molar-refractivity contribution in [3.05, 3.63) is 54.1 Å². The van der Waals surface area contributed by atoms with Gasteiger partial charge in [-0.2, -0.15) is 0 Å². The van der Waals surface area contributed by atoms with Gasteiger partial charge in [0, 0.05) is 41.6 Å². The minimum absolute atomic E-state index is 0.0310. The highest BCUT2D eigenvalue weighted by Gasteiger charge is 2.90. The maximum Gasteiger partial charge on any atom is 0.331 e. The van der Waals surface area contributed by atoms with E-state index in [0.717, 1.165) is 5.56 Å². The van der Waals surface area contributed by atoms with Crippen LogP contribution < -0.4 is 0 Å². The van der Waals surface area contributed by atoms with Gasteiger partial charge in [-0.15, -0.1) is 0 Å². The van der Waals surface area contributed by atoms with E-state index >= 15 is 0 Å². The van der Waals surface area contributed by atoms with E-state index in [1.807, 2.05) is 58.0 Å². The second kappa shape index (κ2) is 8.62. The Kier molecular flexibility index (Phi) is 6.08. The molecule has 4 fully saturated rings. The number of fused-ring (bicyclic) bond motifs is 1. The van der Waals surface area contributed by atoms with Crippen molar-refractivity contribution in [1.82, 2.24) is 0 Å². The predicted octanol–water partition coefficient (Wildman–Crippen LogP) is 3.87. The summed E-state index contributed by atoms with van der Waals surface area (Å²) >= 11 is 0. The van der Waals surface area contributed by atoms with E-state index in [-0.39, 0.29) is 12.2 Å². The molecule has 2 spiro atoms. The Bertz CT molecular complexity index is 1220. The molecule has 0 aromatic heterocycles. The van der Waals surface area contributed by atoms with E-state index in [1.54, 1.807) is 6.08 Å². The van der Waals surface area contributed by atoms with Crippen LogP contribution in [0.1, 0.15) is 59.4 Å². The minimum atomic E-state index is -1.22. The first kappa shape index (κ1) is 26.8. The molecular formula is C31H38O7. The maximum absolute atomic E-state index is 13.5. The SMILES string of the molecule is C=C1[C@@H](OC(=O)/C=C/c2ccccc2)CC[C@@]2(C)[C@@H](O)[C@H](OC(C)=O)[C@@]34[C@H](C)C(=O)C[C@@H]([C@@H](O)[C@]132)C4(C)C. The van der Waals surface area contributed by atoms with Crippen LogP contribution in [-0.4, -0.2) is 52.4 Å². The van der Waals surface area contributed by atoms with Gasteiger partial charge in [0.15, 0.2) is 0 Å². The average molecular weight is 523 g/mol. The van der Waals surface area contributed by atoms with Crippen molar-refractivity contribution in [2.45, 2.75) is 78.3 Å². The molecule has 0 heterocycles. The summed E-state index contributed by atoms with van der Waals surface area (Å²) in [5, 5.41) is 24.1. The van der Waals surface area contributed by atoms with Crippen LogP contribution >= 0.6 is 0 Å². The van der Waals surface area contributed by atoms with Crippen LogP contribution in [0.2, 0.25) is 0 Å². The third-order valence-corrected chi connectivity index (χ3v) is 10.9. The molecule has 2 N–H and O–H groups in total. The fourth-order valence-corrected chi connectivity index (χ4v) is 9.53. The van der Waals surface area contributed by atoms with E-state index < -0.39 is 69.9 Å². The van der Waals surface area contributed by atoms with Gasteiger partial charge in [-0.05, 0) is 41.4 Å². The summed E-state index contributed by atoms with van der Waals surface area (Å²) in [6.45, 7) is 13.5. The van der Waals surface area contributed by atoms with Crippen LogP contribution in [0.4, 0.5) is 0 Å². The summed E-state index contributed by atoms with van der Waals surface area (Å²) in [5.41, 5.74) is -2.66. The number of hydrogen-bond donors (Lipinski definition) is 2. The average Bonchev–Trinajstić information content (AvgIpc) is 3.09. The summed E-state index contributed by atoms with van der Waals surface area (Å²) < 4.78 is 11.9. The minimum Gasteiger partial charge on any atom is -0.459 e. The standard InChI is InChI=1S/C31H38O7/c1-17-22(33)16-21-25(35)30-18(2)23(38-24(34)13-12-20-10-8-7-9-11-20)14-15-29(30,6)26(36)27(37-19(3)32)31(17,30)28(21,4)5/h7-13,17,21,23,25-27,35-36H,2,14-16H2,1,3-6H3/b13-12+/t17-,21+,23+,25-,26+,27+,29+,30+,31-/m1/s1. The second-order valence-corrected chi connectivity index (χ2v) is 12.5. The molecule has 38 heavy (non-hydrogen) atoms. The molecule has 0 unspecified atom stereocenters. The van der Waals surface area contributed by atoms with E-state index in [4.69, 9.17) is 9.47 Å². The Morgan fingerprint density at radius 3 is 2.37 bits per heavy atom. The second-order valence-electron chi connectivity index (χ2n) is 12.5. The van der Waals surface area contributed by atoms with Gasteiger partial charge in [0.1, 0.15) is 18.0 Å². The lowest BCUT2D eigenvalue weighted by molar-refractivity contribution is -0.190. The zero-order valence-corrected chi connectivity index (χ0v) is 22.8. The Labute approximate surface area is 223 Å². The first-order chi connectivity index (χ1) is 17.8. The lowest BCUT2D eigenvalue weighted by Crippen LogP contribution is -2.63. The molecule has 7 nitrogen and oxygen atoms in total. The number of aliphatic hydroxyl groups is 2. The van der Waals surface area contributed by atoms with E-state index in [9.17, 15) is 24.6 Å². The molecule has 1 aromatic carbocycles. The number of benzene rings is 1. The monoisotopic (exact) mass is 522 g/mol. The molecule has 4 aliphatic carbocycles. The highest BCUT2D eigenvalue weighted by atomic mass is 16.6. The molecule has 4 aliphatic rings. The number of ether oxygens (including phenoxy) is 2. The number of carbonyl (C=O) groups excluding carboxylic acids is 3. The molecule has 0 aliphatic heterocycles. The first-order valence-corrected chi connectivity index (χ1v) is 13.5. The number of rotatable bonds is 4. The molecule has 1 aromatic rings. The van der Waals surface area contributed by atoms with Crippen molar-refractivity contribution in [3.63, 3.8) is 0 Å². The summed E-state index contributed by atoms with van der Waals surface area (Å²) in [6, 6.07) is 9.40. The summed E-state index contributed by atoms with van der Waals surface area (Å²) in [4.78, 5) is 38.8. The Balaban J connectivity index is 1.62. The number of esters is 2. The molecular weight excluding hydrogens is 484 g/mol. The summed E-state index contributed by atoms with van der Waals surface area (Å²) in [5.74, 6) is -2.19. The van der Waals surface area contributed by atoms with E-state index in [0.29, 0.717) is 18.4 Å². The van der Waals surface area contributed by atoms with Gasteiger partial charge in [0.05, 0.1) is 12.2 Å². The van der Waals surface area contributed by atoms with Crippen LogP contribution in [0.25, 0.3) is 6.08 Å². The number of ketones is 1. The lowest BCUT2D eigenvalue weighted by atomic mass is 9.42. The van der Waals surface area contributed by atoms with Gasteiger partial charge >= 0.3 is 11.9 Å². The molecule has 5 rings (SSSR count). The zero-order chi connectivity index (χ0) is 27.8. The fourth-order valence-electron chi connectivity index (χ4n) is 9.53. The van der Waals surface area contributed by atoms with E-state index in [2.05, 4.69) is 6.58 Å².